The molecular formula is C17H22Cl2N4O. The number of carbonyl (C=O) groups is 1. The Morgan fingerprint density at radius 1 is 1.33 bits per heavy atom. The molecule has 0 atom stereocenters. The van der Waals surface area contributed by atoms with E-state index in [1.807, 2.05) is 43.7 Å². The molecule has 2 aromatic rings. The number of hydrogen-bond acceptors (Lipinski definition) is 2. The Kier molecular flexibility index (Phi) is 6.52. The van der Waals surface area contributed by atoms with E-state index in [0.717, 1.165) is 11.4 Å². The lowest BCUT2D eigenvalue weighted by molar-refractivity contribution is 0.193. The van der Waals surface area contributed by atoms with Crippen molar-refractivity contribution in [1.82, 2.24) is 19.8 Å². The van der Waals surface area contributed by atoms with Gasteiger partial charge in [0.1, 0.15) is 5.82 Å². The molecule has 0 saturated heterocycles. The van der Waals surface area contributed by atoms with Crippen LogP contribution in [0.25, 0.3) is 0 Å². The van der Waals surface area contributed by atoms with E-state index in [4.69, 9.17) is 23.2 Å². The zero-order valence-corrected chi connectivity index (χ0v) is 15.6. The van der Waals surface area contributed by atoms with Crippen molar-refractivity contribution in [3.8, 4) is 0 Å². The molecule has 1 aromatic heterocycles. The quantitative estimate of drug-likeness (QED) is 0.831. The molecular weight excluding hydrogens is 347 g/mol. The van der Waals surface area contributed by atoms with Crippen LogP contribution in [-0.4, -0.2) is 33.1 Å². The molecule has 130 valence electrons. The van der Waals surface area contributed by atoms with E-state index in [0.29, 0.717) is 29.7 Å². The zero-order chi connectivity index (χ0) is 17.7. The van der Waals surface area contributed by atoms with Gasteiger partial charge in [0.05, 0.1) is 16.6 Å². The van der Waals surface area contributed by atoms with Gasteiger partial charge in [0.15, 0.2) is 0 Å². The minimum absolute atomic E-state index is 0.0865. The van der Waals surface area contributed by atoms with E-state index in [9.17, 15) is 4.79 Å². The molecule has 0 aliphatic heterocycles. The molecule has 5 nitrogen and oxygen atoms in total. The number of nitrogens with zero attached hydrogens (tertiary/aromatic N) is 3. The molecule has 1 N–H and O–H groups in total. The van der Waals surface area contributed by atoms with Crippen molar-refractivity contribution in [3.63, 3.8) is 0 Å². The molecule has 1 heterocycles. The SMILES string of the molecule is CCN(Cc1nccn1Cc1ccc(Cl)c(Cl)c1)C(=O)NC(C)C. The highest BCUT2D eigenvalue weighted by atomic mass is 35.5. The van der Waals surface area contributed by atoms with E-state index in [2.05, 4.69) is 10.3 Å². The van der Waals surface area contributed by atoms with Gasteiger partial charge in [-0.2, -0.15) is 0 Å². The largest absolute Gasteiger partial charge is 0.336 e. The van der Waals surface area contributed by atoms with Crippen LogP contribution in [0, 0.1) is 0 Å². The lowest BCUT2D eigenvalue weighted by atomic mass is 10.2. The second kappa shape index (κ2) is 8.40. The van der Waals surface area contributed by atoms with Crippen molar-refractivity contribution in [3.05, 3.63) is 52.0 Å². The summed E-state index contributed by atoms with van der Waals surface area (Å²) in [5, 5.41) is 3.97. The maximum Gasteiger partial charge on any atom is 0.317 e. The summed E-state index contributed by atoms with van der Waals surface area (Å²) in [6, 6.07) is 5.57. The van der Waals surface area contributed by atoms with Crippen molar-refractivity contribution in [2.24, 2.45) is 0 Å². The second-order valence-corrected chi connectivity index (χ2v) is 6.65. The fraction of sp³-hybridized carbons (Fsp3) is 0.412. The number of nitrogens with one attached hydrogen (secondary N) is 1. The lowest BCUT2D eigenvalue weighted by Crippen LogP contribution is -2.42. The first-order chi connectivity index (χ1) is 11.4. The molecule has 0 bridgehead atoms. The molecule has 7 heteroatoms. The molecule has 24 heavy (non-hydrogen) atoms. The number of urea groups is 1. The summed E-state index contributed by atoms with van der Waals surface area (Å²) >= 11 is 12.0. The van der Waals surface area contributed by atoms with E-state index in [-0.39, 0.29) is 12.1 Å². The number of imidazole rings is 1. The highest BCUT2D eigenvalue weighted by Gasteiger charge is 2.15. The molecule has 0 aliphatic carbocycles. The smallest absolute Gasteiger partial charge is 0.317 e. The van der Waals surface area contributed by atoms with Crippen LogP contribution in [0.15, 0.2) is 30.6 Å². The van der Waals surface area contributed by atoms with Gasteiger partial charge in [-0.3, -0.25) is 0 Å². The van der Waals surface area contributed by atoms with Gasteiger partial charge >= 0.3 is 6.03 Å². The standard InChI is InChI=1S/C17H22Cl2N4O/c1-4-22(17(24)21-12(2)3)11-16-20-7-8-23(16)10-13-5-6-14(18)15(19)9-13/h5-9,12H,4,10-11H2,1-3H3,(H,21,24). The third kappa shape index (κ3) is 4.89. The number of halogens is 2. The third-order valence-corrected chi connectivity index (χ3v) is 4.29. The molecule has 1 aromatic carbocycles. The minimum Gasteiger partial charge on any atom is -0.336 e. The molecule has 2 rings (SSSR count). The van der Waals surface area contributed by atoms with Crippen LogP contribution in [0.2, 0.25) is 10.0 Å². The Bertz CT molecular complexity index is 700. The Morgan fingerprint density at radius 2 is 2.08 bits per heavy atom. The van der Waals surface area contributed by atoms with E-state index in [1.54, 1.807) is 17.2 Å². The normalized spacial score (nSPS) is 10.9. The second-order valence-electron chi connectivity index (χ2n) is 5.84. The Morgan fingerprint density at radius 3 is 2.71 bits per heavy atom. The molecule has 0 unspecified atom stereocenters. The number of rotatable bonds is 6. The number of aromatic nitrogens is 2. The summed E-state index contributed by atoms with van der Waals surface area (Å²) in [7, 11) is 0. The summed E-state index contributed by atoms with van der Waals surface area (Å²) in [6.07, 6.45) is 3.63. The zero-order valence-electron chi connectivity index (χ0n) is 14.1. The van der Waals surface area contributed by atoms with Gasteiger partial charge < -0.3 is 14.8 Å². The molecule has 0 fully saturated rings. The molecule has 0 saturated carbocycles. The van der Waals surface area contributed by atoms with Gasteiger partial charge in [-0.25, -0.2) is 9.78 Å². The van der Waals surface area contributed by atoms with Crippen LogP contribution in [0.1, 0.15) is 32.2 Å². The van der Waals surface area contributed by atoms with Gasteiger partial charge in [0, 0.05) is 31.5 Å². The monoisotopic (exact) mass is 368 g/mol. The fourth-order valence-electron chi connectivity index (χ4n) is 2.31. The van der Waals surface area contributed by atoms with Gasteiger partial charge in [-0.15, -0.1) is 0 Å². The van der Waals surface area contributed by atoms with Crippen molar-refractivity contribution in [2.75, 3.05) is 6.54 Å². The van der Waals surface area contributed by atoms with E-state index >= 15 is 0 Å². The van der Waals surface area contributed by atoms with Crippen LogP contribution in [0.4, 0.5) is 4.79 Å². The number of benzene rings is 1. The number of amides is 2. The summed E-state index contributed by atoms with van der Waals surface area (Å²) in [5.74, 6) is 0.821. The van der Waals surface area contributed by atoms with Gasteiger partial charge in [0.2, 0.25) is 0 Å². The van der Waals surface area contributed by atoms with E-state index < -0.39 is 0 Å². The first-order valence-electron chi connectivity index (χ1n) is 7.90. The van der Waals surface area contributed by atoms with Gasteiger partial charge in [-0.05, 0) is 38.5 Å². The van der Waals surface area contributed by atoms with Crippen molar-refractivity contribution in [2.45, 2.75) is 39.9 Å². The molecule has 0 aliphatic rings. The molecule has 0 radical (unpaired) electrons. The van der Waals surface area contributed by atoms with Crippen LogP contribution >= 0.6 is 23.2 Å². The van der Waals surface area contributed by atoms with Crippen LogP contribution < -0.4 is 5.32 Å². The first kappa shape index (κ1) is 18.6. The highest BCUT2D eigenvalue weighted by molar-refractivity contribution is 6.42. The van der Waals surface area contributed by atoms with Crippen molar-refractivity contribution >= 4 is 29.2 Å². The molecule has 2 amide bonds. The Hall–Kier alpha value is -1.72. The summed E-state index contributed by atoms with van der Waals surface area (Å²) < 4.78 is 2.00. The average Bonchev–Trinajstić information content (AvgIpc) is 2.94. The Labute approximate surface area is 152 Å². The topological polar surface area (TPSA) is 50.2 Å². The summed E-state index contributed by atoms with van der Waals surface area (Å²) in [4.78, 5) is 18.3. The average molecular weight is 369 g/mol. The van der Waals surface area contributed by atoms with Crippen molar-refractivity contribution < 1.29 is 4.79 Å². The Balaban J connectivity index is 2.11. The molecule has 0 spiro atoms. The van der Waals surface area contributed by atoms with Crippen LogP contribution in [0.3, 0.4) is 0 Å². The first-order valence-corrected chi connectivity index (χ1v) is 8.65. The van der Waals surface area contributed by atoms with Crippen LogP contribution in [0.5, 0.6) is 0 Å². The van der Waals surface area contributed by atoms with E-state index in [1.165, 1.54) is 0 Å². The highest BCUT2D eigenvalue weighted by Crippen LogP contribution is 2.23. The number of carbonyl (C=O) groups excluding carboxylic acids is 1. The summed E-state index contributed by atoms with van der Waals surface area (Å²) in [6.45, 7) is 7.51. The third-order valence-electron chi connectivity index (χ3n) is 3.55. The van der Waals surface area contributed by atoms with Gasteiger partial charge in [0.25, 0.3) is 0 Å². The summed E-state index contributed by atoms with van der Waals surface area (Å²) in [5.41, 5.74) is 1.03. The maximum absolute atomic E-state index is 12.2. The van der Waals surface area contributed by atoms with Crippen molar-refractivity contribution in [1.29, 1.82) is 0 Å². The van der Waals surface area contributed by atoms with Crippen LogP contribution in [-0.2, 0) is 13.1 Å². The predicted molar refractivity (Wildman–Crippen MR) is 97.5 cm³/mol. The van der Waals surface area contributed by atoms with Gasteiger partial charge in [-0.1, -0.05) is 29.3 Å². The number of hydrogen-bond donors (Lipinski definition) is 1. The lowest BCUT2D eigenvalue weighted by Gasteiger charge is -2.23. The fourth-order valence-corrected chi connectivity index (χ4v) is 2.63. The minimum atomic E-state index is -0.0865. The predicted octanol–water partition coefficient (Wildman–Crippen LogP) is 4.18. The maximum atomic E-state index is 12.2.